The first-order valence-electron chi connectivity index (χ1n) is 7.60. The molecule has 4 N–H and O–H groups in total. The number of aliphatic imine (C=N–C) groups is 1. The molecule has 0 radical (unpaired) electrons. The van der Waals surface area contributed by atoms with Crippen molar-refractivity contribution in [1.29, 1.82) is 0 Å². The zero-order valence-corrected chi connectivity index (χ0v) is 16.3. The highest BCUT2D eigenvalue weighted by Gasteiger charge is 2.13. The van der Waals surface area contributed by atoms with Gasteiger partial charge in [0, 0.05) is 18.0 Å². The molecule has 8 heteroatoms. The largest absolute Gasteiger partial charge is 0.506 e. The van der Waals surface area contributed by atoms with Gasteiger partial charge in [0.15, 0.2) is 5.82 Å². The van der Waals surface area contributed by atoms with Crippen molar-refractivity contribution in [2.24, 2.45) is 4.99 Å². The average Bonchev–Trinajstić information content (AvgIpc) is 3.30. The first-order chi connectivity index (χ1) is 12.5. The summed E-state index contributed by atoms with van der Waals surface area (Å²) in [5.41, 5.74) is 3.78. The second-order valence-electron chi connectivity index (χ2n) is 5.59. The molecule has 6 nitrogen and oxygen atoms in total. The van der Waals surface area contributed by atoms with Crippen LogP contribution in [-0.2, 0) is 0 Å². The van der Waals surface area contributed by atoms with Crippen LogP contribution in [0.25, 0.3) is 22.6 Å². The van der Waals surface area contributed by atoms with Crippen molar-refractivity contribution in [1.82, 2.24) is 15.0 Å². The van der Waals surface area contributed by atoms with Gasteiger partial charge in [-0.15, -0.1) is 0 Å². The highest BCUT2D eigenvalue weighted by molar-refractivity contribution is 9.11. The number of imidazole rings is 1. The number of hydrogen-bond acceptors (Lipinski definition) is 4. The molecule has 26 heavy (non-hydrogen) atoms. The fourth-order valence-electron chi connectivity index (χ4n) is 2.54. The Kier molecular flexibility index (Phi) is 4.29. The molecule has 2 aromatic carbocycles. The summed E-state index contributed by atoms with van der Waals surface area (Å²) in [6.45, 7) is 0. The van der Waals surface area contributed by atoms with Gasteiger partial charge in [0.25, 0.3) is 0 Å². The van der Waals surface area contributed by atoms with Gasteiger partial charge >= 0.3 is 0 Å². The molecule has 0 aliphatic rings. The zero-order chi connectivity index (χ0) is 18.3. The number of hydrogen-bond donors (Lipinski definition) is 4. The van der Waals surface area contributed by atoms with E-state index in [1.165, 1.54) is 6.21 Å². The Labute approximate surface area is 164 Å². The first kappa shape index (κ1) is 16.9. The van der Waals surface area contributed by atoms with E-state index in [4.69, 9.17) is 0 Å². The fourth-order valence-corrected chi connectivity index (χ4v) is 3.69. The number of phenolic OH excluding ortho intramolecular Hbond substituents is 2. The lowest BCUT2D eigenvalue weighted by molar-refractivity contribution is 0.442. The van der Waals surface area contributed by atoms with E-state index in [1.54, 1.807) is 6.07 Å². The van der Waals surface area contributed by atoms with E-state index in [1.807, 2.05) is 36.5 Å². The number of aromatic hydroxyl groups is 2. The first-order valence-corrected chi connectivity index (χ1v) is 9.19. The normalized spacial score (nSPS) is 11.6. The molecule has 130 valence electrons. The number of nitrogens with zero attached hydrogens (tertiary/aromatic N) is 2. The highest BCUT2D eigenvalue weighted by Crippen LogP contribution is 2.40. The summed E-state index contributed by atoms with van der Waals surface area (Å²) in [7, 11) is 0. The van der Waals surface area contributed by atoms with Crippen LogP contribution in [0.2, 0.25) is 0 Å². The van der Waals surface area contributed by atoms with E-state index >= 15 is 0 Å². The molecule has 0 saturated heterocycles. The van der Waals surface area contributed by atoms with E-state index in [0.29, 0.717) is 15.7 Å². The van der Waals surface area contributed by atoms with Crippen LogP contribution in [0.3, 0.4) is 0 Å². The van der Waals surface area contributed by atoms with Crippen molar-refractivity contribution in [2.75, 3.05) is 0 Å². The molecular weight excluding hydrogens is 464 g/mol. The summed E-state index contributed by atoms with van der Waals surface area (Å²) in [5.74, 6) is 0.619. The summed E-state index contributed by atoms with van der Waals surface area (Å²) in [6, 6.07) is 11.1. The van der Waals surface area contributed by atoms with E-state index in [0.717, 1.165) is 22.6 Å². The van der Waals surface area contributed by atoms with Crippen molar-refractivity contribution in [2.45, 2.75) is 0 Å². The van der Waals surface area contributed by atoms with Gasteiger partial charge < -0.3 is 20.2 Å². The number of rotatable bonds is 3. The third-order valence-electron chi connectivity index (χ3n) is 3.87. The van der Waals surface area contributed by atoms with E-state index in [2.05, 4.69) is 51.8 Å². The second-order valence-corrected chi connectivity index (χ2v) is 7.24. The van der Waals surface area contributed by atoms with Gasteiger partial charge in [0.1, 0.15) is 16.0 Å². The van der Waals surface area contributed by atoms with Crippen LogP contribution in [0.4, 0.5) is 5.69 Å². The van der Waals surface area contributed by atoms with Gasteiger partial charge in [0.05, 0.1) is 26.9 Å². The maximum absolute atomic E-state index is 10.1. The minimum absolute atomic E-state index is 0.0607. The number of phenols is 2. The topological polar surface area (TPSA) is 97.3 Å². The average molecular weight is 476 g/mol. The Morgan fingerprint density at radius 1 is 1.08 bits per heavy atom. The summed E-state index contributed by atoms with van der Waals surface area (Å²) < 4.78 is 0.675. The van der Waals surface area contributed by atoms with Gasteiger partial charge in [-0.3, -0.25) is 4.99 Å². The quantitative estimate of drug-likeness (QED) is 0.305. The SMILES string of the molecule is Oc1c(Br)cc(/C=N/c2ccc3[nH]c(-c4ccc[nH]4)nc3c2)c(O)c1Br. The predicted octanol–water partition coefficient (Wildman–Crippen LogP) is 5.24. The van der Waals surface area contributed by atoms with Gasteiger partial charge in [-0.2, -0.15) is 0 Å². The number of aromatic amines is 2. The van der Waals surface area contributed by atoms with Crippen LogP contribution in [0.15, 0.2) is 56.5 Å². The lowest BCUT2D eigenvalue weighted by Crippen LogP contribution is -1.85. The standard InChI is InChI=1S/C18H12Br2N4O2/c19-11-6-9(16(25)15(20)17(11)26)8-22-10-3-4-12-14(7-10)24-18(23-12)13-2-1-5-21-13/h1-8,21,25-26H,(H,23,24)/b22-8+. The maximum Gasteiger partial charge on any atom is 0.154 e. The molecule has 0 unspecified atom stereocenters. The predicted molar refractivity (Wildman–Crippen MR) is 108 cm³/mol. The molecular formula is C18H12Br2N4O2. The summed E-state index contributed by atoms with van der Waals surface area (Å²) in [4.78, 5) is 15.3. The molecule has 0 aliphatic carbocycles. The molecule has 0 atom stereocenters. The highest BCUT2D eigenvalue weighted by atomic mass is 79.9. The summed E-state index contributed by atoms with van der Waals surface area (Å²) >= 11 is 6.39. The lowest BCUT2D eigenvalue weighted by Gasteiger charge is -2.06. The zero-order valence-electron chi connectivity index (χ0n) is 13.2. The van der Waals surface area contributed by atoms with Crippen LogP contribution < -0.4 is 0 Å². The second kappa shape index (κ2) is 6.62. The van der Waals surface area contributed by atoms with E-state index < -0.39 is 0 Å². The Morgan fingerprint density at radius 2 is 1.92 bits per heavy atom. The van der Waals surface area contributed by atoms with Crippen molar-refractivity contribution in [3.05, 3.63) is 57.1 Å². The van der Waals surface area contributed by atoms with Gasteiger partial charge in [-0.1, -0.05) is 0 Å². The van der Waals surface area contributed by atoms with Crippen molar-refractivity contribution >= 4 is 54.8 Å². The monoisotopic (exact) mass is 474 g/mol. The van der Waals surface area contributed by atoms with Crippen LogP contribution in [0.5, 0.6) is 11.5 Å². The molecule has 0 bridgehead atoms. The number of benzene rings is 2. The molecule has 0 saturated carbocycles. The minimum atomic E-state index is -0.0793. The van der Waals surface area contributed by atoms with Crippen molar-refractivity contribution in [3.63, 3.8) is 0 Å². The summed E-state index contributed by atoms with van der Waals surface area (Å²) in [5, 5.41) is 19.9. The third-order valence-corrected chi connectivity index (χ3v) is 5.23. The molecule has 0 fully saturated rings. The molecule has 0 aliphatic heterocycles. The number of halogens is 2. The maximum atomic E-state index is 10.1. The van der Waals surface area contributed by atoms with Gasteiger partial charge in [0.2, 0.25) is 0 Å². The van der Waals surface area contributed by atoms with Gasteiger partial charge in [-0.05, 0) is 68.3 Å². The van der Waals surface area contributed by atoms with Crippen LogP contribution >= 0.6 is 31.9 Å². The number of nitrogens with one attached hydrogen (secondary N) is 2. The van der Waals surface area contributed by atoms with Crippen LogP contribution in [0.1, 0.15) is 5.56 Å². The molecule has 4 rings (SSSR count). The third kappa shape index (κ3) is 3.02. The molecule has 2 heterocycles. The van der Waals surface area contributed by atoms with Crippen molar-refractivity contribution < 1.29 is 10.2 Å². The smallest absolute Gasteiger partial charge is 0.154 e. The Balaban J connectivity index is 1.68. The van der Waals surface area contributed by atoms with E-state index in [9.17, 15) is 10.2 Å². The van der Waals surface area contributed by atoms with Crippen LogP contribution in [0, 0.1) is 0 Å². The van der Waals surface area contributed by atoms with Crippen LogP contribution in [-0.4, -0.2) is 31.4 Å². The summed E-state index contributed by atoms with van der Waals surface area (Å²) in [6.07, 6.45) is 3.38. The molecule has 4 aromatic rings. The Morgan fingerprint density at radius 3 is 2.69 bits per heavy atom. The number of H-pyrrole nitrogens is 2. The van der Waals surface area contributed by atoms with Gasteiger partial charge in [-0.25, -0.2) is 4.98 Å². The van der Waals surface area contributed by atoms with E-state index in [-0.39, 0.29) is 16.0 Å². The molecule has 0 amide bonds. The molecule has 0 spiro atoms. The number of fused-ring (bicyclic) bond motifs is 1. The van der Waals surface area contributed by atoms with Crippen molar-refractivity contribution in [3.8, 4) is 23.0 Å². The fraction of sp³-hybridized carbons (Fsp3) is 0. The number of aromatic nitrogens is 3. The Hall–Kier alpha value is -2.58. The molecule has 2 aromatic heterocycles. The lowest BCUT2D eigenvalue weighted by atomic mass is 10.2. The minimum Gasteiger partial charge on any atom is -0.506 e. The Bertz CT molecular complexity index is 1130.